The summed E-state index contributed by atoms with van der Waals surface area (Å²) in [5.41, 5.74) is 5.67. The molecule has 20 heavy (non-hydrogen) atoms. The monoisotopic (exact) mass is 297 g/mol. The number of rotatable bonds is 7. The summed E-state index contributed by atoms with van der Waals surface area (Å²) in [6.45, 7) is 6.48. The first kappa shape index (κ1) is 16.5. The van der Waals surface area contributed by atoms with Crippen molar-refractivity contribution in [1.82, 2.24) is 4.90 Å². The molecule has 0 bridgehead atoms. The van der Waals surface area contributed by atoms with Gasteiger partial charge >= 0.3 is 0 Å². The molecular weight excluding hydrogens is 274 g/mol. The van der Waals surface area contributed by atoms with E-state index in [1.807, 2.05) is 38.3 Å². The van der Waals surface area contributed by atoms with Crippen LogP contribution in [0.1, 0.15) is 38.5 Å². The van der Waals surface area contributed by atoms with Crippen LogP contribution in [0.5, 0.6) is 0 Å². The van der Waals surface area contributed by atoms with E-state index in [4.69, 9.17) is 10.9 Å². The molecule has 5 nitrogen and oxygen atoms in total. The van der Waals surface area contributed by atoms with Crippen molar-refractivity contribution < 1.29 is 10.0 Å². The third kappa shape index (κ3) is 4.23. The highest BCUT2D eigenvalue weighted by atomic mass is 32.1. The van der Waals surface area contributed by atoms with Gasteiger partial charge in [-0.3, -0.25) is 4.79 Å². The summed E-state index contributed by atoms with van der Waals surface area (Å²) < 4.78 is 0. The maximum Gasteiger partial charge on any atom is 0.233 e. The second-order valence-corrected chi connectivity index (χ2v) is 6.04. The molecule has 0 spiro atoms. The molecule has 0 fully saturated rings. The van der Waals surface area contributed by atoms with E-state index in [0.717, 1.165) is 11.3 Å². The van der Waals surface area contributed by atoms with Gasteiger partial charge in [-0.05, 0) is 31.7 Å². The van der Waals surface area contributed by atoms with Crippen molar-refractivity contribution in [2.75, 3.05) is 0 Å². The zero-order valence-corrected chi connectivity index (χ0v) is 13.1. The van der Waals surface area contributed by atoms with Crippen LogP contribution >= 0.6 is 11.3 Å². The van der Waals surface area contributed by atoms with E-state index in [1.165, 1.54) is 0 Å². The van der Waals surface area contributed by atoms with Crippen LogP contribution < -0.4 is 5.73 Å². The normalized spacial score (nSPS) is 13.5. The van der Waals surface area contributed by atoms with Gasteiger partial charge in [-0.2, -0.15) is 0 Å². The lowest BCUT2D eigenvalue weighted by Gasteiger charge is -2.30. The average Bonchev–Trinajstić information content (AvgIpc) is 2.93. The second-order valence-electron chi connectivity index (χ2n) is 5.01. The molecule has 1 heterocycles. The molecular formula is C14H23N3O2S. The minimum Gasteiger partial charge on any atom is -0.409 e. The molecule has 0 aliphatic rings. The molecule has 1 unspecified atom stereocenters. The number of amides is 1. The lowest BCUT2D eigenvalue weighted by atomic mass is 10.00. The molecule has 0 radical (unpaired) electrons. The van der Waals surface area contributed by atoms with Gasteiger partial charge in [0.1, 0.15) is 0 Å². The van der Waals surface area contributed by atoms with Crippen LogP contribution in [-0.2, 0) is 11.3 Å². The van der Waals surface area contributed by atoms with Gasteiger partial charge in [0.15, 0.2) is 5.84 Å². The highest BCUT2D eigenvalue weighted by molar-refractivity contribution is 7.09. The van der Waals surface area contributed by atoms with Crippen LogP contribution in [0.25, 0.3) is 0 Å². The van der Waals surface area contributed by atoms with Gasteiger partial charge in [-0.25, -0.2) is 0 Å². The maximum absolute atomic E-state index is 12.7. The van der Waals surface area contributed by atoms with Crippen molar-refractivity contribution in [2.24, 2.45) is 16.8 Å². The van der Waals surface area contributed by atoms with Crippen molar-refractivity contribution in [1.29, 1.82) is 0 Å². The Hall–Kier alpha value is -1.56. The fourth-order valence-corrected chi connectivity index (χ4v) is 2.74. The molecule has 0 saturated carbocycles. The van der Waals surface area contributed by atoms with E-state index in [0.29, 0.717) is 13.0 Å². The molecule has 3 N–H and O–H groups in total. The molecule has 112 valence electrons. The van der Waals surface area contributed by atoms with Crippen molar-refractivity contribution in [3.63, 3.8) is 0 Å². The Bertz CT molecular complexity index is 443. The largest absolute Gasteiger partial charge is 0.409 e. The van der Waals surface area contributed by atoms with E-state index in [9.17, 15) is 4.79 Å². The van der Waals surface area contributed by atoms with Crippen LogP contribution in [0.3, 0.4) is 0 Å². The standard InChI is InChI=1S/C14H23N3O2S/c1-4-6-12(13(15)16-19)14(18)17(10(2)3)9-11-7-5-8-20-11/h5,7-8,10,12,19H,4,6,9H2,1-3H3,(H2,15,16). The number of amidine groups is 1. The fraction of sp³-hybridized carbons (Fsp3) is 0.571. The molecule has 1 aromatic rings. The van der Waals surface area contributed by atoms with Gasteiger partial charge in [0.2, 0.25) is 5.91 Å². The summed E-state index contributed by atoms with van der Waals surface area (Å²) in [6, 6.07) is 4.04. The molecule has 1 atom stereocenters. The lowest BCUT2D eigenvalue weighted by molar-refractivity contribution is -0.136. The highest BCUT2D eigenvalue weighted by Crippen LogP contribution is 2.19. The van der Waals surface area contributed by atoms with Gasteiger partial charge < -0.3 is 15.8 Å². The predicted molar refractivity (Wildman–Crippen MR) is 81.8 cm³/mol. The Balaban J connectivity index is 2.91. The van der Waals surface area contributed by atoms with Crippen molar-refractivity contribution in [2.45, 2.75) is 46.2 Å². The number of nitrogens with zero attached hydrogens (tertiary/aromatic N) is 2. The van der Waals surface area contributed by atoms with Gasteiger partial charge in [0, 0.05) is 10.9 Å². The Morgan fingerprint density at radius 2 is 2.25 bits per heavy atom. The zero-order chi connectivity index (χ0) is 15.1. The molecule has 0 aromatic carbocycles. The first-order valence-electron chi connectivity index (χ1n) is 6.81. The smallest absolute Gasteiger partial charge is 0.233 e. The Labute approximate surface area is 124 Å². The van der Waals surface area contributed by atoms with Gasteiger partial charge in [0.25, 0.3) is 0 Å². The summed E-state index contributed by atoms with van der Waals surface area (Å²) in [7, 11) is 0. The third-order valence-corrected chi connectivity index (χ3v) is 4.02. The highest BCUT2D eigenvalue weighted by Gasteiger charge is 2.29. The van der Waals surface area contributed by atoms with E-state index < -0.39 is 5.92 Å². The maximum atomic E-state index is 12.7. The van der Waals surface area contributed by atoms with Crippen molar-refractivity contribution >= 4 is 23.1 Å². The van der Waals surface area contributed by atoms with Crippen LogP contribution in [0.15, 0.2) is 22.7 Å². The molecule has 0 saturated heterocycles. The molecule has 1 amide bonds. The van der Waals surface area contributed by atoms with E-state index in [1.54, 1.807) is 16.2 Å². The summed E-state index contributed by atoms with van der Waals surface area (Å²) >= 11 is 1.62. The Morgan fingerprint density at radius 1 is 1.55 bits per heavy atom. The van der Waals surface area contributed by atoms with Crippen LogP contribution in [0.2, 0.25) is 0 Å². The summed E-state index contributed by atoms with van der Waals surface area (Å²) in [5.74, 6) is -0.633. The van der Waals surface area contributed by atoms with Crippen LogP contribution in [0.4, 0.5) is 0 Å². The fourth-order valence-electron chi connectivity index (χ4n) is 2.04. The SMILES string of the molecule is CCCC(C(=O)N(Cc1cccs1)C(C)C)C(N)=NO. The minimum atomic E-state index is -0.549. The topological polar surface area (TPSA) is 78.9 Å². The lowest BCUT2D eigenvalue weighted by Crippen LogP contribution is -2.44. The summed E-state index contributed by atoms with van der Waals surface area (Å²) in [4.78, 5) is 15.6. The minimum absolute atomic E-state index is 0.00585. The predicted octanol–water partition coefficient (Wildman–Crippen LogP) is 2.65. The summed E-state index contributed by atoms with van der Waals surface area (Å²) in [6.07, 6.45) is 1.39. The summed E-state index contributed by atoms with van der Waals surface area (Å²) in [5, 5.41) is 13.9. The third-order valence-electron chi connectivity index (χ3n) is 3.16. The van der Waals surface area contributed by atoms with E-state index in [2.05, 4.69) is 5.16 Å². The number of thiophene rings is 1. The van der Waals surface area contributed by atoms with Gasteiger partial charge in [-0.15, -0.1) is 11.3 Å². The molecule has 6 heteroatoms. The zero-order valence-electron chi connectivity index (χ0n) is 12.2. The second kappa shape index (κ2) is 7.89. The number of hydrogen-bond acceptors (Lipinski definition) is 4. The van der Waals surface area contributed by atoms with Crippen LogP contribution in [0, 0.1) is 5.92 Å². The molecule has 0 aliphatic heterocycles. The van der Waals surface area contributed by atoms with Crippen molar-refractivity contribution in [3.05, 3.63) is 22.4 Å². The number of oxime groups is 1. The molecule has 1 rings (SSSR count). The number of carbonyl (C=O) groups excluding carboxylic acids is 1. The first-order chi connectivity index (χ1) is 9.51. The van der Waals surface area contributed by atoms with Gasteiger partial charge in [0.05, 0.1) is 12.5 Å². The van der Waals surface area contributed by atoms with Crippen molar-refractivity contribution in [3.8, 4) is 0 Å². The number of nitrogens with two attached hydrogens (primary N) is 1. The van der Waals surface area contributed by atoms with Crippen LogP contribution in [-0.4, -0.2) is 27.9 Å². The van der Waals surface area contributed by atoms with E-state index >= 15 is 0 Å². The average molecular weight is 297 g/mol. The number of carbonyl (C=O) groups is 1. The van der Waals surface area contributed by atoms with E-state index in [-0.39, 0.29) is 17.8 Å². The Morgan fingerprint density at radius 3 is 2.70 bits per heavy atom. The Kier molecular flexibility index (Phi) is 6.51. The first-order valence-corrected chi connectivity index (χ1v) is 7.69. The quantitative estimate of drug-likeness (QED) is 0.351. The molecule has 1 aromatic heterocycles. The van der Waals surface area contributed by atoms with Gasteiger partial charge in [-0.1, -0.05) is 24.6 Å². The molecule has 0 aliphatic carbocycles. The number of hydrogen-bond donors (Lipinski definition) is 2.